The predicted octanol–water partition coefficient (Wildman–Crippen LogP) is 3.49. The SMILES string of the molecule is CC(C)c1nnc2n1CCN(c1ccc([N+](=O)[O-])c(OC(F)F)c1)C2C. The molecule has 3 rings (SSSR count). The van der Waals surface area contributed by atoms with Crippen molar-refractivity contribution in [2.75, 3.05) is 11.4 Å². The van der Waals surface area contributed by atoms with Gasteiger partial charge < -0.3 is 14.2 Å². The van der Waals surface area contributed by atoms with Gasteiger partial charge in [0, 0.05) is 36.8 Å². The summed E-state index contributed by atoms with van der Waals surface area (Å²) in [5.74, 6) is 1.46. The highest BCUT2D eigenvalue weighted by Gasteiger charge is 2.30. The van der Waals surface area contributed by atoms with E-state index in [9.17, 15) is 18.9 Å². The Labute approximate surface area is 148 Å². The topological polar surface area (TPSA) is 86.3 Å². The minimum absolute atomic E-state index is 0.162. The van der Waals surface area contributed by atoms with E-state index < -0.39 is 23.0 Å². The number of hydrogen-bond donors (Lipinski definition) is 0. The number of halogens is 2. The Morgan fingerprint density at radius 2 is 2.04 bits per heavy atom. The Morgan fingerprint density at radius 1 is 1.31 bits per heavy atom. The smallest absolute Gasteiger partial charge is 0.387 e. The zero-order valence-electron chi connectivity index (χ0n) is 14.6. The van der Waals surface area contributed by atoms with Crippen molar-refractivity contribution in [2.45, 2.75) is 45.9 Å². The number of aromatic nitrogens is 3. The lowest BCUT2D eigenvalue weighted by molar-refractivity contribution is -0.386. The molecule has 1 aromatic heterocycles. The lowest BCUT2D eigenvalue weighted by Gasteiger charge is -2.35. The summed E-state index contributed by atoms with van der Waals surface area (Å²) in [6, 6.07) is 3.82. The summed E-state index contributed by atoms with van der Waals surface area (Å²) < 4.78 is 31.6. The average Bonchev–Trinajstić information content (AvgIpc) is 2.99. The van der Waals surface area contributed by atoms with Crippen molar-refractivity contribution in [3.63, 3.8) is 0 Å². The molecule has 2 heterocycles. The molecule has 0 spiro atoms. The number of anilines is 1. The van der Waals surface area contributed by atoms with Gasteiger partial charge in [-0.2, -0.15) is 8.78 Å². The first-order chi connectivity index (χ1) is 12.3. The molecule has 8 nitrogen and oxygen atoms in total. The molecule has 10 heteroatoms. The predicted molar refractivity (Wildman–Crippen MR) is 89.6 cm³/mol. The Kier molecular flexibility index (Phi) is 4.75. The number of nitro groups is 1. The van der Waals surface area contributed by atoms with Gasteiger partial charge in [-0.15, -0.1) is 10.2 Å². The van der Waals surface area contributed by atoms with E-state index in [0.29, 0.717) is 18.8 Å². The molecule has 0 N–H and O–H groups in total. The van der Waals surface area contributed by atoms with Gasteiger partial charge in [0.15, 0.2) is 5.82 Å². The van der Waals surface area contributed by atoms with Gasteiger partial charge in [0.2, 0.25) is 5.75 Å². The molecule has 0 saturated heterocycles. The second-order valence-corrected chi connectivity index (χ2v) is 6.38. The fourth-order valence-corrected chi connectivity index (χ4v) is 3.21. The molecular weight excluding hydrogens is 348 g/mol. The van der Waals surface area contributed by atoms with Crippen molar-refractivity contribution in [1.29, 1.82) is 0 Å². The molecule has 140 valence electrons. The van der Waals surface area contributed by atoms with E-state index in [4.69, 9.17) is 0 Å². The largest absolute Gasteiger partial charge is 0.427 e. The number of fused-ring (bicyclic) bond motifs is 1. The maximum absolute atomic E-state index is 12.6. The second-order valence-electron chi connectivity index (χ2n) is 6.38. The van der Waals surface area contributed by atoms with E-state index in [1.807, 2.05) is 25.7 Å². The van der Waals surface area contributed by atoms with Crippen molar-refractivity contribution < 1.29 is 18.4 Å². The van der Waals surface area contributed by atoms with Crippen LogP contribution >= 0.6 is 0 Å². The summed E-state index contributed by atoms with van der Waals surface area (Å²) in [6.07, 6.45) is 0. The minimum atomic E-state index is -3.14. The molecule has 1 aromatic carbocycles. The highest BCUT2D eigenvalue weighted by molar-refractivity contribution is 5.60. The summed E-state index contributed by atoms with van der Waals surface area (Å²) in [5, 5.41) is 19.5. The standard InChI is InChI=1S/C16H19F2N5O3/c1-9(2)14-19-20-15-10(3)21(6-7-22(14)15)11-4-5-12(23(24)25)13(8-11)26-16(17)18/h4-5,8-10,16H,6-7H2,1-3H3. The summed E-state index contributed by atoms with van der Waals surface area (Å²) >= 11 is 0. The first-order valence-corrected chi connectivity index (χ1v) is 8.22. The first kappa shape index (κ1) is 18.0. The van der Waals surface area contributed by atoms with E-state index in [2.05, 4.69) is 19.5 Å². The van der Waals surface area contributed by atoms with E-state index in [1.54, 1.807) is 0 Å². The lowest BCUT2D eigenvalue weighted by Crippen LogP contribution is -2.37. The zero-order chi connectivity index (χ0) is 19.0. The van der Waals surface area contributed by atoms with Gasteiger partial charge in [0.25, 0.3) is 0 Å². The van der Waals surface area contributed by atoms with Crippen LogP contribution in [0, 0.1) is 10.1 Å². The Bertz CT molecular complexity index is 824. The third-order valence-corrected chi connectivity index (χ3v) is 4.42. The van der Waals surface area contributed by atoms with E-state index in [0.717, 1.165) is 11.6 Å². The molecule has 0 fully saturated rings. The van der Waals surface area contributed by atoms with Crippen LogP contribution in [-0.4, -0.2) is 32.8 Å². The van der Waals surface area contributed by atoms with Gasteiger partial charge >= 0.3 is 12.3 Å². The molecule has 1 unspecified atom stereocenters. The fourth-order valence-electron chi connectivity index (χ4n) is 3.21. The van der Waals surface area contributed by atoms with Crippen molar-refractivity contribution in [1.82, 2.24) is 14.8 Å². The van der Waals surface area contributed by atoms with Crippen LogP contribution in [0.4, 0.5) is 20.2 Å². The van der Waals surface area contributed by atoms with Crippen molar-refractivity contribution in [3.05, 3.63) is 40.0 Å². The number of hydrogen-bond acceptors (Lipinski definition) is 6. The van der Waals surface area contributed by atoms with Crippen LogP contribution in [0.3, 0.4) is 0 Å². The third-order valence-electron chi connectivity index (χ3n) is 4.42. The number of rotatable bonds is 5. The normalized spacial score (nSPS) is 16.9. The number of ether oxygens (including phenoxy) is 1. The fraction of sp³-hybridized carbons (Fsp3) is 0.500. The summed E-state index contributed by atoms with van der Waals surface area (Å²) in [5.41, 5.74) is 0.0584. The molecule has 0 amide bonds. The number of nitro benzene ring substituents is 1. The molecule has 26 heavy (non-hydrogen) atoms. The van der Waals surface area contributed by atoms with Gasteiger partial charge in [-0.1, -0.05) is 13.8 Å². The molecule has 0 aliphatic carbocycles. The van der Waals surface area contributed by atoms with Crippen LogP contribution in [0.25, 0.3) is 0 Å². The second kappa shape index (κ2) is 6.85. The number of nitrogens with zero attached hydrogens (tertiary/aromatic N) is 5. The highest BCUT2D eigenvalue weighted by Crippen LogP contribution is 2.37. The van der Waals surface area contributed by atoms with Crippen molar-refractivity contribution in [2.24, 2.45) is 0 Å². The molecule has 0 radical (unpaired) electrons. The highest BCUT2D eigenvalue weighted by atomic mass is 19.3. The Hall–Kier alpha value is -2.78. The number of benzene rings is 1. The molecule has 1 atom stereocenters. The summed E-state index contributed by atoms with van der Waals surface area (Å²) in [4.78, 5) is 12.2. The van der Waals surface area contributed by atoms with Crippen molar-refractivity contribution in [3.8, 4) is 5.75 Å². The minimum Gasteiger partial charge on any atom is -0.427 e. The third kappa shape index (κ3) is 3.18. The van der Waals surface area contributed by atoms with Crippen LogP contribution in [0.5, 0.6) is 5.75 Å². The van der Waals surface area contributed by atoms with Crippen LogP contribution in [0.15, 0.2) is 18.2 Å². The van der Waals surface area contributed by atoms with E-state index >= 15 is 0 Å². The molecule has 0 saturated carbocycles. The lowest BCUT2D eigenvalue weighted by atomic mass is 10.1. The molecule has 1 aliphatic rings. The van der Waals surface area contributed by atoms with Crippen LogP contribution in [0.2, 0.25) is 0 Å². The van der Waals surface area contributed by atoms with E-state index in [-0.39, 0.29) is 12.0 Å². The zero-order valence-corrected chi connectivity index (χ0v) is 14.6. The first-order valence-electron chi connectivity index (χ1n) is 8.22. The van der Waals surface area contributed by atoms with E-state index in [1.165, 1.54) is 18.2 Å². The summed E-state index contributed by atoms with van der Waals surface area (Å²) in [6.45, 7) is 4.11. The molecule has 1 aliphatic heterocycles. The maximum atomic E-state index is 12.6. The van der Waals surface area contributed by atoms with Crippen LogP contribution in [0.1, 0.15) is 44.4 Å². The molecule has 2 aromatic rings. The van der Waals surface area contributed by atoms with Crippen LogP contribution < -0.4 is 9.64 Å². The Morgan fingerprint density at radius 3 is 2.65 bits per heavy atom. The quantitative estimate of drug-likeness (QED) is 0.594. The van der Waals surface area contributed by atoms with Gasteiger partial charge in [-0.05, 0) is 13.0 Å². The summed E-state index contributed by atoms with van der Waals surface area (Å²) in [7, 11) is 0. The molecular formula is C16H19F2N5O3. The van der Waals surface area contributed by atoms with Gasteiger partial charge in [-0.3, -0.25) is 10.1 Å². The van der Waals surface area contributed by atoms with Crippen LogP contribution in [-0.2, 0) is 6.54 Å². The monoisotopic (exact) mass is 367 g/mol. The maximum Gasteiger partial charge on any atom is 0.387 e. The van der Waals surface area contributed by atoms with Crippen molar-refractivity contribution >= 4 is 11.4 Å². The average molecular weight is 367 g/mol. The number of alkyl halides is 2. The molecule has 0 bridgehead atoms. The van der Waals surface area contributed by atoms with Gasteiger partial charge in [0.1, 0.15) is 5.82 Å². The van der Waals surface area contributed by atoms with Gasteiger partial charge in [-0.25, -0.2) is 0 Å². The van der Waals surface area contributed by atoms with Gasteiger partial charge in [0.05, 0.1) is 11.0 Å². The Balaban J connectivity index is 1.95.